The summed E-state index contributed by atoms with van der Waals surface area (Å²) in [5.41, 5.74) is 0.490. The van der Waals surface area contributed by atoms with E-state index in [4.69, 9.17) is 9.84 Å². The van der Waals surface area contributed by atoms with Gasteiger partial charge in [0.15, 0.2) is 0 Å². The lowest BCUT2D eigenvalue weighted by Gasteiger charge is -2.21. The summed E-state index contributed by atoms with van der Waals surface area (Å²) in [5, 5.41) is 8.75. The van der Waals surface area contributed by atoms with Crippen LogP contribution in [0.1, 0.15) is 25.8 Å². The number of hydrogen-bond acceptors (Lipinski definition) is 4. The van der Waals surface area contributed by atoms with Crippen molar-refractivity contribution in [1.82, 2.24) is 4.31 Å². The Morgan fingerprint density at radius 3 is 2.57 bits per heavy atom. The highest BCUT2D eigenvalue weighted by molar-refractivity contribution is 7.89. The van der Waals surface area contributed by atoms with Crippen LogP contribution in [0, 0.1) is 11.8 Å². The minimum atomic E-state index is -3.56. The van der Waals surface area contributed by atoms with Gasteiger partial charge in [-0.25, -0.2) is 8.42 Å². The molecule has 0 radical (unpaired) electrons. The maximum atomic E-state index is 12.5. The molecule has 116 valence electrons. The molecule has 1 N–H and O–H groups in total. The number of nitrogens with zero attached hydrogens (tertiary/aromatic N) is 1. The fourth-order valence-electron chi connectivity index (χ4n) is 1.60. The van der Waals surface area contributed by atoms with Gasteiger partial charge in [-0.05, 0) is 32.0 Å². The first-order chi connectivity index (χ1) is 9.84. The van der Waals surface area contributed by atoms with Gasteiger partial charge in [0.25, 0.3) is 0 Å². The van der Waals surface area contributed by atoms with E-state index in [9.17, 15) is 8.42 Å². The zero-order valence-corrected chi connectivity index (χ0v) is 13.6. The Morgan fingerprint density at radius 2 is 2.05 bits per heavy atom. The number of methoxy groups -OCH3 is 1. The molecule has 5 nitrogen and oxygen atoms in total. The summed E-state index contributed by atoms with van der Waals surface area (Å²) in [6, 6.07) is 4.45. The third-order valence-electron chi connectivity index (χ3n) is 3.04. The van der Waals surface area contributed by atoms with Gasteiger partial charge in [0.2, 0.25) is 10.0 Å². The molecule has 0 aliphatic heterocycles. The lowest BCUT2D eigenvalue weighted by atomic mass is 10.2. The molecule has 0 aromatic heterocycles. The van der Waals surface area contributed by atoms with Crippen LogP contribution >= 0.6 is 0 Å². The predicted molar refractivity (Wildman–Crippen MR) is 81.7 cm³/mol. The molecule has 0 bridgehead atoms. The predicted octanol–water partition coefficient (Wildman–Crippen LogP) is 1.46. The van der Waals surface area contributed by atoms with Crippen molar-refractivity contribution >= 4 is 10.0 Å². The number of hydrogen-bond donors (Lipinski definition) is 1. The number of aliphatic hydroxyl groups is 1. The fourth-order valence-corrected chi connectivity index (χ4v) is 3.00. The largest absolute Gasteiger partial charge is 0.495 e. The third kappa shape index (κ3) is 4.21. The molecule has 0 unspecified atom stereocenters. The lowest BCUT2D eigenvalue weighted by molar-refractivity contribution is 0.305. The van der Waals surface area contributed by atoms with Gasteiger partial charge in [-0.2, -0.15) is 4.31 Å². The van der Waals surface area contributed by atoms with Crippen LogP contribution in [0.4, 0.5) is 0 Å². The first-order valence-corrected chi connectivity index (χ1v) is 8.04. The minimum absolute atomic E-state index is 0.0383. The van der Waals surface area contributed by atoms with Crippen LogP contribution in [-0.2, 0) is 10.0 Å². The van der Waals surface area contributed by atoms with Crippen molar-refractivity contribution in [3.63, 3.8) is 0 Å². The number of benzene rings is 1. The number of ether oxygens (including phenoxy) is 1. The molecule has 0 aliphatic rings. The van der Waals surface area contributed by atoms with E-state index < -0.39 is 10.0 Å². The lowest BCUT2D eigenvalue weighted by Crippen LogP contribution is -2.33. The van der Waals surface area contributed by atoms with Crippen molar-refractivity contribution in [2.75, 3.05) is 20.8 Å². The third-order valence-corrected chi connectivity index (χ3v) is 5.06. The molecular weight excluding hydrogens is 290 g/mol. The van der Waals surface area contributed by atoms with Crippen LogP contribution in [-0.4, -0.2) is 44.6 Å². The number of aliphatic hydroxyl groups excluding tert-OH is 1. The van der Waals surface area contributed by atoms with E-state index in [2.05, 4.69) is 11.8 Å². The maximum absolute atomic E-state index is 12.5. The molecule has 6 heteroatoms. The SMILES string of the molecule is COc1ccc(S(=O)(=O)N(C)C(C)C)cc1C#CCCO. The fraction of sp³-hybridized carbons (Fsp3) is 0.467. The van der Waals surface area contributed by atoms with E-state index in [0.717, 1.165) is 0 Å². The summed E-state index contributed by atoms with van der Waals surface area (Å²) in [6.07, 6.45) is 0.325. The second-order valence-corrected chi connectivity index (χ2v) is 6.75. The van der Waals surface area contributed by atoms with Crippen molar-refractivity contribution in [3.8, 4) is 17.6 Å². The van der Waals surface area contributed by atoms with E-state index in [1.165, 1.54) is 23.5 Å². The Kier molecular flexibility index (Phi) is 6.21. The molecule has 0 saturated carbocycles. The van der Waals surface area contributed by atoms with Crippen LogP contribution in [0.5, 0.6) is 5.75 Å². The van der Waals surface area contributed by atoms with Crippen LogP contribution in [0.15, 0.2) is 23.1 Å². The summed E-state index contributed by atoms with van der Waals surface area (Å²) in [6.45, 7) is 3.58. The molecule has 0 fully saturated rings. The minimum Gasteiger partial charge on any atom is -0.495 e. The smallest absolute Gasteiger partial charge is 0.243 e. The second kappa shape index (κ2) is 7.46. The van der Waals surface area contributed by atoms with Crippen molar-refractivity contribution < 1.29 is 18.3 Å². The molecule has 1 aromatic carbocycles. The van der Waals surface area contributed by atoms with Crippen LogP contribution < -0.4 is 4.74 Å². The molecular formula is C15H21NO4S. The average molecular weight is 311 g/mol. The van der Waals surface area contributed by atoms with Crippen molar-refractivity contribution in [2.45, 2.75) is 31.2 Å². The molecule has 0 spiro atoms. The maximum Gasteiger partial charge on any atom is 0.243 e. The van der Waals surface area contributed by atoms with Gasteiger partial charge < -0.3 is 9.84 Å². The summed E-state index contributed by atoms with van der Waals surface area (Å²) in [5.74, 6) is 6.10. The average Bonchev–Trinajstić information content (AvgIpc) is 2.46. The normalized spacial score (nSPS) is 11.4. The summed E-state index contributed by atoms with van der Waals surface area (Å²) in [7, 11) is -0.512. The summed E-state index contributed by atoms with van der Waals surface area (Å²) >= 11 is 0. The van der Waals surface area contributed by atoms with Crippen molar-refractivity contribution in [2.24, 2.45) is 0 Å². The zero-order valence-electron chi connectivity index (χ0n) is 12.8. The summed E-state index contributed by atoms with van der Waals surface area (Å²) < 4.78 is 31.4. The second-order valence-electron chi connectivity index (χ2n) is 4.75. The van der Waals surface area contributed by atoms with Gasteiger partial charge in [-0.1, -0.05) is 11.8 Å². The highest BCUT2D eigenvalue weighted by Gasteiger charge is 2.23. The zero-order chi connectivity index (χ0) is 16.0. The molecule has 1 aromatic rings. The Labute approximate surface area is 126 Å². The van der Waals surface area contributed by atoms with E-state index in [0.29, 0.717) is 17.7 Å². The topological polar surface area (TPSA) is 66.8 Å². The highest BCUT2D eigenvalue weighted by Crippen LogP contribution is 2.24. The van der Waals surface area contributed by atoms with Crippen LogP contribution in [0.25, 0.3) is 0 Å². The number of sulfonamides is 1. The Balaban J connectivity index is 3.29. The van der Waals surface area contributed by atoms with Crippen LogP contribution in [0.2, 0.25) is 0 Å². The van der Waals surface area contributed by atoms with Gasteiger partial charge in [0.05, 0.1) is 24.2 Å². The molecule has 0 heterocycles. The van der Waals surface area contributed by atoms with Crippen molar-refractivity contribution in [1.29, 1.82) is 0 Å². The molecule has 0 amide bonds. The molecule has 0 atom stereocenters. The van der Waals surface area contributed by atoms with E-state index >= 15 is 0 Å². The van der Waals surface area contributed by atoms with Gasteiger partial charge >= 0.3 is 0 Å². The Morgan fingerprint density at radius 1 is 1.38 bits per heavy atom. The van der Waals surface area contributed by atoms with E-state index in [-0.39, 0.29) is 17.5 Å². The first-order valence-electron chi connectivity index (χ1n) is 6.60. The first kappa shape index (κ1) is 17.5. The van der Waals surface area contributed by atoms with Gasteiger partial charge in [-0.15, -0.1) is 0 Å². The monoisotopic (exact) mass is 311 g/mol. The standard InChI is InChI=1S/C15H21NO4S/c1-12(2)16(3)21(18,19)14-8-9-15(20-4)13(11-14)7-5-6-10-17/h8-9,11-12,17H,6,10H2,1-4H3. The molecule has 21 heavy (non-hydrogen) atoms. The number of rotatable bonds is 5. The highest BCUT2D eigenvalue weighted by atomic mass is 32.2. The summed E-state index contributed by atoms with van der Waals surface area (Å²) in [4.78, 5) is 0.174. The molecule has 0 saturated heterocycles. The van der Waals surface area contributed by atoms with Gasteiger partial charge in [0.1, 0.15) is 5.75 Å². The van der Waals surface area contributed by atoms with Crippen LogP contribution in [0.3, 0.4) is 0 Å². The quantitative estimate of drug-likeness (QED) is 0.836. The van der Waals surface area contributed by atoms with Gasteiger partial charge in [-0.3, -0.25) is 0 Å². The molecule has 0 aliphatic carbocycles. The van der Waals surface area contributed by atoms with Crippen molar-refractivity contribution in [3.05, 3.63) is 23.8 Å². The van der Waals surface area contributed by atoms with E-state index in [1.54, 1.807) is 13.1 Å². The van der Waals surface area contributed by atoms with E-state index in [1.807, 2.05) is 13.8 Å². The Hall–Kier alpha value is -1.55. The molecule has 1 rings (SSSR count). The Bertz CT molecular complexity index is 641. The van der Waals surface area contributed by atoms with Gasteiger partial charge in [0, 0.05) is 19.5 Å².